The number of alkyl halides is 6. The van der Waals surface area contributed by atoms with Crippen LogP contribution in [0.2, 0.25) is 0 Å². The number of benzene rings is 1. The molecule has 1 aliphatic carbocycles. The molecule has 1 nitrogen and oxygen atoms in total. The first-order valence-corrected chi connectivity index (χ1v) is 6.56. The molecule has 118 valence electrons. The van der Waals surface area contributed by atoms with E-state index >= 15 is 0 Å². The molecule has 0 heterocycles. The second-order valence-electron chi connectivity index (χ2n) is 5.55. The van der Waals surface area contributed by atoms with Gasteiger partial charge in [0.2, 0.25) is 0 Å². The quantitative estimate of drug-likeness (QED) is 0.753. The Hall–Kier alpha value is -1.24. The molecule has 2 N–H and O–H groups in total. The third-order valence-electron chi connectivity index (χ3n) is 4.13. The zero-order valence-corrected chi connectivity index (χ0v) is 11.1. The molecule has 7 heteroatoms. The predicted molar refractivity (Wildman–Crippen MR) is 65.3 cm³/mol. The molecule has 0 aliphatic heterocycles. The van der Waals surface area contributed by atoms with Crippen molar-refractivity contribution in [2.24, 2.45) is 11.7 Å². The number of nitrogens with two attached hydrogens (primary N) is 1. The van der Waals surface area contributed by atoms with E-state index < -0.39 is 29.4 Å². The fourth-order valence-electron chi connectivity index (χ4n) is 2.74. The van der Waals surface area contributed by atoms with Gasteiger partial charge in [-0.25, -0.2) is 0 Å². The first kappa shape index (κ1) is 16.1. The SMILES string of the molecule is NC1(c2ccc(C(F)(F)F)cc2)CCC(C(F)(F)F)CC1. The molecule has 21 heavy (non-hydrogen) atoms. The highest BCUT2D eigenvalue weighted by Crippen LogP contribution is 2.44. The van der Waals surface area contributed by atoms with E-state index in [0.717, 1.165) is 12.1 Å². The van der Waals surface area contributed by atoms with Gasteiger partial charge in [0.1, 0.15) is 0 Å². The Balaban J connectivity index is 2.12. The summed E-state index contributed by atoms with van der Waals surface area (Å²) >= 11 is 0. The molecular weight excluding hydrogens is 296 g/mol. The average molecular weight is 311 g/mol. The Morgan fingerprint density at radius 3 is 1.76 bits per heavy atom. The normalized spacial score (nSPS) is 27.7. The van der Waals surface area contributed by atoms with Crippen LogP contribution in [-0.4, -0.2) is 6.18 Å². The van der Waals surface area contributed by atoms with Crippen LogP contribution >= 0.6 is 0 Å². The molecule has 1 saturated carbocycles. The lowest BCUT2D eigenvalue weighted by Crippen LogP contribution is -2.43. The molecule has 0 saturated heterocycles. The zero-order valence-electron chi connectivity index (χ0n) is 11.1. The van der Waals surface area contributed by atoms with Crippen molar-refractivity contribution in [3.63, 3.8) is 0 Å². The van der Waals surface area contributed by atoms with Crippen molar-refractivity contribution >= 4 is 0 Å². The molecule has 0 unspecified atom stereocenters. The molecule has 1 aliphatic rings. The van der Waals surface area contributed by atoms with E-state index in [9.17, 15) is 26.3 Å². The van der Waals surface area contributed by atoms with E-state index in [1.807, 2.05) is 0 Å². The standard InChI is InChI=1S/C14H15F6N/c15-13(16,17)10-3-1-9(2-4-10)12(21)7-5-11(6-8-12)14(18,19)20/h1-4,11H,5-8,21H2. The van der Waals surface area contributed by atoms with Gasteiger partial charge in [-0.1, -0.05) is 12.1 Å². The first-order chi connectivity index (χ1) is 9.52. The van der Waals surface area contributed by atoms with Crippen molar-refractivity contribution in [1.29, 1.82) is 0 Å². The van der Waals surface area contributed by atoms with E-state index in [1.165, 1.54) is 12.1 Å². The monoisotopic (exact) mass is 311 g/mol. The summed E-state index contributed by atoms with van der Waals surface area (Å²) in [5, 5.41) is 0. The fourth-order valence-corrected chi connectivity index (χ4v) is 2.74. The Labute approximate surface area is 118 Å². The summed E-state index contributed by atoms with van der Waals surface area (Å²) < 4.78 is 75.3. The van der Waals surface area contributed by atoms with Crippen LogP contribution in [0.25, 0.3) is 0 Å². The lowest BCUT2D eigenvalue weighted by molar-refractivity contribution is -0.184. The molecule has 0 bridgehead atoms. The minimum Gasteiger partial charge on any atom is -0.321 e. The predicted octanol–water partition coefficient (Wildman–Crippen LogP) is 4.61. The van der Waals surface area contributed by atoms with Gasteiger partial charge in [0.25, 0.3) is 0 Å². The third-order valence-corrected chi connectivity index (χ3v) is 4.13. The van der Waals surface area contributed by atoms with Gasteiger partial charge in [-0.15, -0.1) is 0 Å². The van der Waals surface area contributed by atoms with Crippen LogP contribution in [0.3, 0.4) is 0 Å². The van der Waals surface area contributed by atoms with Crippen LogP contribution in [0.15, 0.2) is 24.3 Å². The topological polar surface area (TPSA) is 26.0 Å². The highest BCUT2D eigenvalue weighted by molar-refractivity contribution is 5.30. The molecule has 2 rings (SSSR count). The highest BCUT2D eigenvalue weighted by atomic mass is 19.4. The van der Waals surface area contributed by atoms with Crippen LogP contribution in [-0.2, 0) is 11.7 Å². The van der Waals surface area contributed by atoms with E-state index in [4.69, 9.17) is 5.73 Å². The molecule has 0 spiro atoms. The summed E-state index contributed by atoms with van der Waals surface area (Å²) in [6.07, 6.45) is -8.64. The maximum atomic E-state index is 12.6. The maximum Gasteiger partial charge on any atom is 0.416 e. The fraction of sp³-hybridized carbons (Fsp3) is 0.571. The van der Waals surface area contributed by atoms with Crippen molar-refractivity contribution in [3.05, 3.63) is 35.4 Å². The van der Waals surface area contributed by atoms with Crippen molar-refractivity contribution in [2.75, 3.05) is 0 Å². The minimum atomic E-state index is -4.44. The molecule has 0 radical (unpaired) electrons. The summed E-state index contributed by atoms with van der Waals surface area (Å²) in [7, 11) is 0. The highest BCUT2D eigenvalue weighted by Gasteiger charge is 2.45. The summed E-state index contributed by atoms with van der Waals surface area (Å²) in [4.78, 5) is 0. The van der Waals surface area contributed by atoms with Crippen molar-refractivity contribution in [1.82, 2.24) is 0 Å². The molecule has 0 aromatic heterocycles. The summed E-state index contributed by atoms with van der Waals surface area (Å²) in [6, 6.07) is 4.35. The molecule has 0 amide bonds. The lowest BCUT2D eigenvalue weighted by atomic mass is 9.73. The van der Waals surface area contributed by atoms with Gasteiger partial charge in [-0.2, -0.15) is 26.3 Å². The Bertz CT molecular complexity index is 480. The molecule has 1 fully saturated rings. The van der Waals surface area contributed by atoms with Gasteiger partial charge in [0.15, 0.2) is 0 Å². The van der Waals surface area contributed by atoms with Gasteiger partial charge in [0, 0.05) is 5.54 Å². The number of hydrogen-bond acceptors (Lipinski definition) is 1. The smallest absolute Gasteiger partial charge is 0.321 e. The average Bonchev–Trinajstić information content (AvgIpc) is 2.37. The third kappa shape index (κ3) is 3.51. The van der Waals surface area contributed by atoms with Crippen LogP contribution in [0.1, 0.15) is 36.8 Å². The second kappa shape index (κ2) is 5.19. The van der Waals surface area contributed by atoms with Crippen LogP contribution < -0.4 is 5.73 Å². The van der Waals surface area contributed by atoms with Crippen LogP contribution in [0.4, 0.5) is 26.3 Å². The second-order valence-corrected chi connectivity index (χ2v) is 5.55. The maximum absolute atomic E-state index is 12.6. The number of rotatable bonds is 1. The van der Waals surface area contributed by atoms with E-state index in [2.05, 4.69) is 0 Å². The van der Waals surface area contributed by atoms with E-state index in [-0.39, 0.29) is 25.7 Å². The van der Waals surface area contributed by atoms with Gasteiger partial charge >= 0.3 is 12.4 Å². The largest absolute Gasteiger partial charge is 0.416 e. The Morgan fingerprint density at radius 1 is 0.905 bits per heavy atom. The van der Waals surface area contributed by atoms with Gasteiger partial charge < -0.3 is 5.73 Å². The van der Waals surface area contributed by atoms with Gasteiger partial charge in [-0.05, 0) is 43.4 Å². The summed E-state index contributed by atoms with van der Waals surface area (Å²) in [5.41, 5.74) is 4.78. The molecular formula is C14H15F6N. The molecule has 1 aromatic rings. The van der Waals surface area contributed by atoms with Crippen molar-refractivity contribution in [3.8, 4) is 0 Å². The summed E-state index contributed by atoms with van der Waals surface area (Å²) in [5.74, 6) is -1.37. The van der Waals surface area contributed by atoms with Gasteiger partial charge in [-0.3, -0.25) is 0 Å². The van der Waals surface area contributed by atoms with Crippen molar-refractivity contribution < 1.29 is 26.3 Å². The lowest BCUT2D eigenvalue weighted by Gasteiger charge is -2.38. The number of hydrogen-bond donors (Lipinski definition) is 1. The zero-order chi connectivity index (χ0) is 15.9. The van der Waals surface area contributed by atoms with Crippen LogP contribution in [0, 0.1) is 5.92 Å². The molecule has 0 atom stereocenters. The van der Waals surface area contributed by atoms with E-state index in [1.54, 1.807) is 0 Å². The minimum absolute atomic E-state index is 0.0962. The van der Waals surface area contributed by atoms with Crippen molar-refractivity contribution in [2.45, 2.75) is 43.6 Å². The molecule has 1 aromatic carbocycles. The number of halogens is 6. The first-order valence-electron chi connectivity index (χ1n) is 6.56. The summed E-state index contributed by atoms with van der Waals surface area (Å²) in [6.45, 7) is 0. The van der Waals surface area contributed by atoms with Gasteiger partial charge in [0.05, 0.1) is 11.5 Å². The Kier molecular flexibility index (Phi) is 3.99. The Morgan fingerprint density at radius 2 is 1.38 bits per heavy atom. The van der Waals surface area contributed by atoms with Crippen LogP contribution in [0.5, 0.6) is 0 Å². The van der Waals surface area contributed by atoms with E-state index in [0.29, 0.717) is 5.56 Å².